The number of hydrogen-bond acceptors (Lipinski definition) is 4. The van der Waals surface area contributed by atoms with Crippen LogP contribution >= 0.6 is 11.8 Å². The van der Waals surface area contributed by atoms with Crippen LogP contribution in [-0.2, 0) is 5.41 Å². The molecule has 0 aliphatic heterocycles. The van der Waals surface area contributed by atoms with Gasteiger partial charge in [0.1, 0.15) is 0 Å². The lowest BCUT2D eigenvalue weighted by Crippen LogP contribution is -2.11. The van der Waals surface area contributed by atoms with E-state index in [4.69, 9.17) is 0 Å². The van der Waals surface area contributed by atoms with Crippen LogP contribution in [0.2, 0.25) is 0 Å². The Morgan fingerprint density at radius 1 is 0.900 bits per heavy atom. The molecule has 0 bridgehead atoms. The Morgan fingerprint density at radius 2 is 1.63 bits per heavy atom. The van der Waals surface area contributed by atoms with Crippen molar-refractivity contribution in [3.05, 3.63) is 54.4 Å². The van der Waals surface area contributed by atoms with Crippen molar-refractivity contribution in [3.63, 3.8) is 0 Å². The first-order chi connectivity index (χ1) is 14.5. The van der Waals surface area contributed by atoms with Crippen molar-refractivity contribution >= 4 is 11.8 Å². The third-order valence-corrected chi connectivity index (χ3v) is 6.29. The molecule has 4 nitrogen and oxygen atoms in total. The van der Waals surface area contributed by atoms with Crippen LogP contribution < -0.4 is 0 Å². The van der Waals surface area contributed by atoms with Gasteiger partial charge in [0.2, 0.25) is 0 Å². The first-order valence-corrected chi connectivity index (χ1v) is 12.1. The second kappa shape index (κ2) is 10.8. The highest BCUT2D eigenvalue weighted by Gasteiger charge is 2.18. The minimum Gasteiger partial charge on any atom is -0.270 e. The average Bonchev–Trinajstić information content (AvgIpc) is 3.17. The van der Waals surface area contributed by atoms with Crippen molar-refractivity contribution in [2.75, 3.05) is 5.75 Å². The van der Waals surface area contributed by atoms with E-state index in [1.165, 1.54) is 44.1 Å². The summed E-state index contributed by atoms with van der Waals surface area (Å²) >= 11 is 1.80. The third kappa shape index (κ3) is 5.94. The molecule has 3 aromatic rings. The van der Waals surface area contributed by atoms with E-state index in [0.717, 1.165) is 28.0 Å². The van der Waals surface area contributed by atoms with Gasteiger partial charge in [0.25, 0.3) is 0 Å². The molecule has 2 aromatic heterocycles. The second-order valence-corrected chi connectivity index (χ2v) is 9.86. The quantitative estimate of drug-likeness (QED) is 0.259. The monoisotopic (exact) mass is 422 g/mol. The molecule has 30 heavy (non-hydrogen) atoms. The van der Waals surface area contributed by atoms with Gasteiger partial charge < -0.3 is 0 Å². The van der Waals surface area contributed by atoms with Crippen LogP contribution in [0.1, 0.15) is 71.8 Å². The summed E-state index contributed by atoms with van der Waals surface area (Å²) in [4.78, 5) is 4.27. The largest absolute Gasteiger partial charge is 0.270 e. The van der Waals surface area contributed by atoms with Gasteiger partial charge >= 0.3 is 0 Å². The van der Waals surface area contributed by atoms with Crippen molar-refractivity contribution in [2.45, 2.75) is 76.8 Å². The highest BCUT2D eigenvalue weighted by molar-refractivity contribution is 7.99. The summed E-state index contributed by atoms with van der Waals surface area (Å²) in [6.45, 7) is 8.98. The first-order valence-electron chi connectivity index (χ1n) is 11.1. The summed E-state index contributed by atoms with van der Waals surface area (Å²) in [6, 6.07) is 12.8. The normalized spacial score (nSPS) is 11.7. The lowest BCUT2D eigenvalue weighted by molar-refractivity contribution is 0.590. The van der Waals surface area contributed by atoms with Crippen LogP contribution in [0.3, 0.4) is 0 Å². The molecule has 0 aliphatic rings. The second-order valence-electron chi connectivity index (χ2n) is 8.80. The molecule has 2 heterocycles. The average molecular weight is 423 g/mol. The van der Waals surface area contributed by atoms with Crippen molar-refractivity contribution in [3.8, 4) is 17.1 Å². The first kappa shape index (κ1) is 22.5. The molecule has 1 aromatic carbocycles. The number of aromatic nitrogens is 4. The van der Waals surface area contributed by atoms with Gasteiger partial charge in [-0.1, -0.05) is 83.7 Å². The van der Waals surface area contributed by atoms with E-state index in [1.807, 2.05) is 18.3 Å². The van der Waals surface area contributed by atoms with Crippen molar-refractivity contribution < 1.29 is 0 Å². The fourth-order valence-electron chi connectivity index (χ4n) is 3.43. The van der Waals surface area contributed by atoms with Crippen molar-refractivity contribution in [1.29, 1.82) is 0 Å². The highest BCUT2D eigenvalue weighted by Crippen LogP contribution is 2.30. The maximum atomic E-state index is 4.54. The Bertz CT molecular complexity index is 895. The van der Waals surface area contributed by atoms with Crippen LogP contribution in [0.5, 0.6) is 0 Å². The molecule has 3 rings (SSSR count). The van der Waals surface area contributed by atoms with Crippen LogP contribution in [0, 0.1) is 0 Å². The van der Waals surface area contributed by atoms with E-state index in [0.29, 0.717) is 0 Å². The van der Waals surface area contributed by atoms with Gasteiger partial charge in [0.05, 0.1) is 0 Å². The zero-order valence-electron chi connectivity index (χ0n) is 18.8. The van der Waals surface area contributed by atoms with Gasteiger partial charge in [-0.25, -0.2) is 0 Å². The molecule has 0 N–H and O–H groups in total. The molecule has 0 spiro atoms. The van der Waals surface area contributed by atoms with Gasteiger partial charge in [-0.05, 0) is 41.7 Å². The molecule has 0 saturated carbocycles. The van der Waals surface area contributed by atoms with E-state index >= 15 is 0 Å². The Labute approximate surface area is 185 Å². The van der Waals surface area contributed by atoms with E-state index in [9.17, 15) is 0 Å². The van der Waals surface area contributed by atoms with Gasteiger partial charge in [-0.2, -0.15) is 0 Å². The Morgan fingerprint density at radius 3 is 2.30 bits per heavy atom. The topological polar surface area (TPSA) is 43.6 Å². The van der Waals surface area contributed by atoms with Gasteiger partial charge in [0, 0.05) is 29.4 Å². The molecule has 0 amide bonds. The summed E-state index contributed by atoms with van der Waals surface area (Å²) in [7, 11) is 0. The summed E-state index contributed by atoms with van der Waals surface area (Å²) < 4.78 is 2.17. The number of rotatable bonds is 10. The lowest BCUT2D eigenvalue weighted by atomic mass is 9.87. The third-order valence-electron chi connectivity index (χ3n) is 5.27. The zero-order chi connectivity index (χ0) is 21.4. The summed E-state index contributed by atoms with van der Waals surface area (Å²) in [5.41, 5.74) is 3.53. The molecule has 160 valence electrons. The Kier molecular flexibility index (Phi) is 8.08. The number of nitrogens with zero attached hydrogens (tertiary/aromatic N) is 4. The standard InChI is InChI=1S/C25H34N4S/c1-5-6-7-8-9-10-18-30-24-28-27-23(20-12-11-17-26-19-20)29(24)22-15-13-21(14-16-22)25(2,3)4/h11-17,19H,5-10,18H2,1-4H3. The molecule has 0 saturated heterocycles. The summed E-state index contributed by atoms with van der Waals surface area (Å²) in [6.07, 6.45) is 11.5. The molecule has 5 heteroatoms. The maximum Gasteiger partial charge on any atom is 0.196 e. The number of unbranched alkanes of at least 4 members (excludes halogenated alkanes) is 5. The number of pyridine rings is 1. The zero-order valence-corrected chi connectivity index (χ0v) is 19.6. The molecular formula is C25H34N4S. The molecule has 0 unspecified atom stereocenters. The highest BCUT2D eigenvalue weighted by atomic mass is 32.2. The smallest absolute Gasteiger partial charge is 0.196 e. The minimum atomic E-state index is 0.132. The lowest BCUT2D eigenvalue weighted by Gasteiger charge is -2.19. The fraction of sp³-hybridized carbons (Fsp3) is 0.480. The van der Waals surface area contributed by atoms with Crippen LogP contribution in [-0.4, -0.2) is 25.5 Å². The molecule has 0 aliphatic carbocycles. The molecule has 0 radical (unpaired) electrons. The molecule has 0 atom stereocenters. The Balaban J connectivity index is 1.81. The predicted octanol–water partition coefficient (Wildman–Crippen LogP) is 7.08. The van der Waals surface area contributed by atoms with Crippen LogP contribution in [0.4, 0.5) is 0 Å². The SMILES string of the molecule is CCCCCCCCSc1nnc(-c2cccnc2)n1-c1ccc(C(C)(C)C)cc1. The Hall–Kier alpha value is -2.14. The van der Waals surface area contributed by atoms with E-state index in [-0.39, 0.29) is 5.41 Å². The number of benzene rings is 1. The van der Waals surface area contributed by atoms with Gasteiger partial charge in [-0.3, -0.25) is 9.55 Å². The van der Waals surface area contributed by atoms with Gasteiger partial charge in [0.15, 0.2) is 11.0 Å². The maximum absolute atomic E-state index is 4.54. The molecular weight excluding hydrogens is 388 g/mol. The fourth-order valence-corrected chi connectivity index (χ4v) is 4.39. The van der Waals surface area contributed by atoms with Crippen molar-refractivity contribution in [2.24, 2.45) is 0 Å². The summed E-state index contributed by atoms with van der Waals surface area (Å²) in [5.74, 6) is 1.91. The van der Waals surface area contributed by atoms with E-state index in [2.05, 4.69) is 71.7 Å². The number of hydrogen-bond donors (Lipinski definition) is 0. The number of thioether (sulfide) groups is 1. The van der Waals surface area contributed by atoms with Crippen LogP contribution in [0.25, 0.3) is 17.1 Å². The van der Waals surface area contributed by atoms with E-state index in [1.54, 1.807) is 18.0 Å². The van der Waals surface area contributed by atoms with E-state index < -0.39 is 0 Å². The minimum absolute atomic E-state index is 0.132. The van der Waals surface area contributed by atoms with Crippen LogP contribution in [0.15, 0.2) is 53.9 Å². The molecule has 0 fully saturated rings. The van der Waals surface area contributed by atoms with Gasteiger partial charge in [-0.15, -0.1) is 10.2 Å². The van der Waals surface area contributed by atoms with Crippen molar-refractivity contribution in [1.82, 2.24) is 19.7 Å². The summed E-state index contributed by atoms with van der Waals surface area (Å²) in [5, 5.41) is 10.0. The predicted molar refractivity (Wildman–Crippen MR) is 127 cm³/mol.